The number of rotatable bonds is 7. The van der Waals surface area contributed by atoms with Gasteiger partial charge in [-0.25, -0.2) is 5.01 Å². The Morgan fingerprint density at radius 3 is 2.31 bits per heavy atom. The predicted octanol–water partition coefficient (Wildman–Crippen LogP) is 2.30. The quantitative estimate of drug-likeness (QED) is 0.468. The topological polar surface area (TPSA) is 85.4 Å². The van der Waals surface area contributed by atoms with E-state index in [-0.39, 0.29) is 36.4 Å². The van der Waals surface area contributed by atoms with Crippen molar-refractivity contribution in [2.45, 2.75) is 83.5 Å². The molecule has 1 atom stereocenters. The molecule has 2 aliphatic rings. The Labute approximate surface area is 173 Å². The average Bonchev–Trinajstić information content (AvgIpc) is 3.12. The lowest BCUT2D eigenvalue weighted by molar-refractivity contribution is -0.163. The van der Waals surface area contributed by atoms with Gasteiger partial charge in [-0.3, -0.25) is 19.4 Å². The van der Waals surface area contributed by atoms with Crippen molar-refractivity contribution >= 4 is 17.8 Å². The highest BCUT2D eigenvalue weighted by molar-refractivity contribution is 5.94. The number of carbonyl (C=O) groups excluding carboxylic acids is 3. The number of esters is 2. The summed E-state index contributed by atoms with van der Waals surface area (Å²) in [5, 5.41) is 3.53. The summed E-state index contributed by atoms with van der Waals surface area (Å²) in [6.45, 7) is 6.65. The van der Waals surface area contributed by atoms with Gasteiger partial charge >= 0.3 is 11.9 Å². The summed E-state index contributed by atoms with van der Waals surface area (Å²) < 4.78 is 16.2. The van der Waals surface area contributed by atoms with Gasteiger partial charge in [0.2, 0.25) is 5.91 Å². The first-order valence-electron chi connectivity index (χ1n) is 10.5. The maximum atomic E-state index is 12.5. The third kappa shape index (κ3) is 7.26. The molecule has 1 aliphatic carbocycles. The molecule has 2 rings (SSSR count). The zero-order valence-corrected chi connectivity index (χ0v) is 18.4. The van der Waals surface area contributed by atoms with Crippen LogP contribution in [0.1, 0.15) is 65.7 Å². The monoisotopic (exact) mass is 412 g/mol. The molecule has 0 radical (unpaired) electrons. The number of ether oxygens (including phenoxy) is 3. The van der Waals surface area contributed by atoms with E-state index in [1.165, 1.54) is 7.11 Å². The lowest BCUT2D eigenvalue weighted by Gasteiger charge is -2.34. The Morgan fingerprint density at radius 1 is 1.07 bits per heavy atom. The first kappa shape index (κ1) is 23.6. The minimum atomic E-state index is -0.604. The molecule has 166 valence electrons. The fourth-order valence-corrected chi connectivity index (χ4v) is 4.02. The number of hydrazine groups is 1. The van der Waals surface area contributed by atoms with Gasteiger partial charge in [0.05, 0.1) is 31.8 Å². The van der Waals surface area contributed by atoms with Crippen LogP contribution >= 0.6 is 0 Å². The van der Waals surface area contributed by atoms with E-state index in [0.717, 1.165) is 45.1 Å². The van der Waals surface area contributed by atoms with Gasteiger partial charge in [-0.2, -0.15) is 0 Å². The molecule has 0 N–H and O–H groups in total. The van der Waals surface area contributed by atoms with Crippen LogP contribution in [0.5, 0.6) is 0 Å². The van der Waals surface area contributed by atoms with Crippen LogP contribution in [0.15, 0.2) is 0 Å². The largest absolute Gasteiger partial charge is 0.469 e. The average molecular weight is 413 g/mol. The van der Waals surface area contributed by atoms with Crippen LogP contribution in [0.4, 0.5) is 0 Å². The van der Waals surface area contributed by atoms with Crippen LogP contribution < -0.4 is 0 Å². The fraction of sp³-hybridized carbons (Fsp3) is 0.857. The van der Waals surface area contributed by atoms with Crippen molar-refractivity contribution < 1.29 is 28.6 Å². The van der Waals surface area contributed by atoms with E-state index in [2.05, 4.69) is 0 Å². The van der Waals surface area contributed by atoms with Gasteiger partial charge in [-0.15, -0.1) is 0 Å². The molecule has 0 bridgehead atoms. The number of amides is 1. The van der Waals surface area contributed by atoms with Crippen LogP contribution in [-0.2, 0) is 28.6 Å². The summed E-state index contributed by atoms with van der Waals surface area (Å²) in [4.78, 5) is 36.1. The van der Waals surface area contributed by atoms with Crippen molar-refractivity contribution in [3.63, 3.8) is 0 Å². The zero-order valence-electron chi connectivity index (χ0n) is 18.4. The second-order valence-electron chi connectivity index (χ2n) is 8.97. The van der Waals surface area contributed by atoms with Crippen LogP contribution in [0.3, 0.4) is 0 Å². The summed E-state index contributed by atoms with van der Waals surface area (Å²) in [7, 11) is 3.13. The normalized spacial score (nSPS) is 25.5. The van der Waals surface area contributed by atoms with E-state index in [9.17, 15) is 14.4 Å². The highest BCUT2D eigenvalue weighted by Crippen LogP contribution is 2.28. The maximum Gasteiger partial charge on any atom is 0.315 e. The predicted molar refractivity (Wildman–Crippen MR) is 107 cm³/mol. The number of hydrogen-bond donors (Lipinski definition) is 0. The van der Waals surface area contributed by atoms with Gasteiger partial charge in [0, 0.05) is 13.6 Å². The minimum Gasteiger partial charge on any atom is -0.469 e. The highest BCUT2D eigenvalue weighted by atomic mass is 16.6. The summed E-state index contributed by atoms with van der Waals surface area (Å²) in [5.41, 5.74) is -0.604. The smallest absolute Gasteiger partial charge is 0.315 e. The fourth-order valence-electron chi connectivity index (χ4n) is 4.02. The van der Waals surface area contributed by atoms with Gasteiger partial charge in [-0.1, -0.05) is 0 Å². The van der Waals surface area contributed by atoms with E-state index >= 15 is 0 Å². The first-order chi connectivity index (χ1) is 13.6. The second kappa shape index (κ2) is 10.4. The van der Waals surface area contributed by atoms with Crippen LogP contribution in [-0.4, -0.2) is 72.9 Å². The van der Waals surface area contributed by atoms with Crippen molar-refractivity contribution in [3.05, 3.63) is 0 Å². The molecule has 8 heteroatoms. The zero-order chi connectivity index (χ0) is 21.6. The van der Waals surface area contributed by atoms with E-state index in [4.69, 9.17) is 14.2 Å². The van der Waals surface area contributed by atoms with E-state index in [1.54, 1.807) is 32.8 Å². The molecule has 29 heavy (non-hydrogen) atoms. The Kier molecular flexibility index (Phi) is 8.46. The molecule has 2 fully saturated rings. The van der Waals surface area contributed by atoms with Crippen LogP contribution in [0, 0.1) is 5.92 Å². The second-order valence-corrected chi connectivity index (χ2v) is 8.97. The van der Waals surface area contributed by atoms with E-state index < -0.39 is 11.6 Å². The summed E-state index contributed by atoms with van der Waals surface area (Å²) in [6, 6.07) is 0.112. The van der Waals surface area contributed by atoms with E-state index in [1.807, 2.05) is 5.01 Å². The Bertz CT molecular complexity index is 580. The molecule has 1 saturated carbocycles. The summed E-state index contributed by atoms with van der Waals surface area (Å²) in [5.74, 6) is -0.927. The SMILES string of the molecule is COC(=O)[C@H]1CC[C@H](OC[C@@H]2CCCN2N(C)C(=O)CC(=O)OC(C)(C)C)CC1. The van der Waals surface area contributed by atoms with Crippen LogP contribution in [0.2, 0.25) is 0 Å². The molecule has 1 saturated heterocycles. The van der Waals surface area contributed by atoms with Crippen molar-refractivity contribution in [2.24, 2.45) is 5.92 Å². The van der Waals surface area contributed by atoms with Crippen LogP contribution in [0.25, 0.3) is 0 Å². The third-order valence-electron chi connectivity index (χ3n) is 5.54. The Hall–Kier alpha value is -1.67. The molecular weight excluding hydrogens is 376 g/mol. The number of carbonyl (C=O) groups is 3. The van der Waals surface area contributed by atoms with Crippen molar-refractivity contribution in [1.29, 1.82) is 0 Å². The standard InChI is InChI=1S/C21H36N2O6/c1-21(2,3)29-19(25)13-18(24)22(4)23-12-6-7-16(23)14-28-17-10-8-15(9-11-17)20(26)27-5/h15-17H,6-14H2,1-5H3/t15-,16-,17-/m0/s1. The Morgan fingerprint density at radius 2 is 1.72 bits per heavy atom. The molecule has 0 aromatic carbocycles. The molecule has 0 spiro atoms. The van der Waals surface area contributed by atoms with Gasteiger partial charge in [-0.05, 0) is 59.3 Å². The lowest BCUT2D eigenvalue weighted by Crippen LogP contribution is -2.49. The Balaban J connectivity index is 1.78. The minimum absolute atomic E-state index is 0.0144. The summed E-state index contributed by atoms with van der Waals surface area (Å²) >= 11 is 0. The van der Waals surface area contributed by atoms with Crippen molar-refractivity contribution in [3.8, 4) is 0 Å². The maximum absolute atomic E-state index is 12.5. The lowest BCUT2D eigenvalue weighted by atomic mass is 9.87. The highest BCUT2D eigenvalue weighted by Gasteiger charge is 2.33. The number of hydrogen-bond acceptors (Lipinski definition) is 7. The molecular formula is C21H36N2O6. The molecule has 1 amide bonds. The third-order valence-corrected chi connectivity index (χ3v) is 5.54. The van der Waals surface area contributed by atoms with Crippen molar-refractivity contribution in [1.82, 2.24) is 10.0 Å². The van der Waals surface area contributed by atoms with Crippen molar-refractivity contribution in [2.75, 3.05) is 27.3 Å². The van der Waals surface area contributed by atoms with Gasteiger partial charge in [0.1, 0.15) is 12.0 Å². The summed E-state index contributed by atoms with van der Waals surface area (Å²) in [6.07, 6.45) is 5.07. The molecule has 8 nitrogen and oxygen atoms in total. The molecule has 0 unspecified atom stereocenters. The van der Waals surface area contributed by atoms with Gasteiger partial charge in [0.25, 0.3) is 0 Å². The first-order valence-corrected chi connectivity index (χ1v) is 10.5. The molecule has 1 heterocycles. The molecule has 0 aromatic rings. The number of methoxy groups -OCH3 is 1. The van der Waals surface area contributed by atoms with Gasteiger partial charge in [0.15, 0.2) is 0 Å². The molecule has 0 aromatic heterocycles. The number of nitrogens with zero attached hydrogens (tertiary/aromatic N) is 2. The van der Waals surface area contributed by atoms with Gasteiger partial charge < -0.3 is 14.2 Å². The molecule has 1 aliphatic heterocycles. The van der Waals surface area contributed by atoms with E-state index in [0.29, 0.717) is 6.61 Å².